The van der Waals surface area contributed by atoms with Crippen molar-refractivity contribution in [3.8, 4) is 0 Å². The Balaban J connectivity index is 1.56. The monoisotopic (exact) mass is 448 g/mol. The van der Waals surface area contributed by atoms with Gasteiger partial charge in [0, 0.05) is 34.7 Å². The molecule has 0 aliphatic carbocycles. The van der Waals surface area contributed by atoms with Gasteiger partial charge in [0.1, 0.15) is 11.6 Å². The molecule has 2 heterocycles. The smallest absolute Gasteiger partial charge is 0.251 e. The third kappa shape index (κ3) is 4.86. The average Bonchev–Trinajstić information content (AvgIpc) is 2.78. The number of anilines is 2. The standard InChI is InChI=1S/C25H22ClFN4O/c1-3-23(16-6-7-22(27)21(26)12-16)31-25(32)17-4-5-18-14-29-24(13-19(18)11-17)30-20-8-9-28-15(2)10-20/h4-14,23H,3H2,1-2H3,(H,31,32)(H,28,29,30). The van der Waals surface area contributed by atoms with Crippen LogP contribution in [-0.2, 0) is 0 Å². The number of hydrogen-bond donors (Lipinski definition) is 2. The molecule has 5 nitrogen and oxygen atoms in total. The molecule has 32 heavy (non-hydrogen) atoms. The zero-order valence-corrected chi connectivity index (χ0v) is 18.4. The van der Waals surface area contributed by atoms with E-state index in [1.807, 2.05) is 44.2 Å². The average molecular weight is 449 g/mol. The second-order valence-corrected chi connectivity index (χ2v) is 7.96. The maximum Gasteiger partial charge on any atom is 0.251 e. The number of fused-ring (bicyclic) bond motifs is 1. The van der Waals surface area contributed by atoms with Gasteiger partial charge in [0.05, 0.1) is 11.1 Å². The lowest BCUT2D eigenvalue weighted by Gasteiger charge is -2.18. The summed E-state index contributed by atoms with van der Waals surface area (Å²) < 4.78 is 13.5. The fourth-order valence-corrected chi connectivity index (χ4v) is 3.70. The summed E-state index contributed by atoms with van der Waals surface area (Å²) in [5.74, 6) is -0.0191. The summed E-state index contributed by atoms with van der Waals surface area (Å²) >= 11 is 5.91. The second kappa shape index (κ2) is 9.32. The van der Waals surface area contributed by atoms with Crippen molar-refractivity contribution >= 4 is 39.8 Å². The van der Waals surface area contributed by atoms with Gasteiger partial charge in [-0.1, -0.05) is 30.7 Å². The first kappa shape index (κ1) is 21.7. The number of carbonyl (C=O) groups excluding carboxylic acids is 1. The number of nitrogens with zero attached hydrogens (tertiary/aromatic N) is 2. The van der Waals surface area contributed by atoms with E-state index in [0.29, 0.717) is 17.8 Å². The highest BCUT2D eigenvalue weighted by Gasteiger charge is 2.16. The lowest BCUT2D eigenvalue weighted by Crippen LogP contribution is -2.28. The third-order valence-corrected chi connectivity index (χ3v) is 5.50. The molecule has 162 valence electrons. The minimum absolute atomic E-state index is 0.0397. The van der Waals surface area contributed by atoms with Gasteiger partial charge in [-0.2, -0.15) is 0 Å². The minimum Gasteiger partial charge on any atom is -0.345 e. The first-order valence-electron chi connectivity index (χ1n) is 10.3. The molecule has 0 fully saturated rings. The lowest BCUT2D eigenvalue weighted by molar-refractivity contribution is 0.0935. The Morgan fingerprint density at radius 3 is 2.66 bits per heavy atom. The van der Waals surface area contributed by atoms with Crippen LogP contribution in [0.25, 0.3) is 10.8 Å². The molecular formula is C25H22ClFN4O. The third-order valence-electron chi connectivity index (χ3n) is 5.21. The van der Waals surface area contributed by atoms with Crippen molar-refractivity contribution in [3.63, 3.8) is 0 Å². The molecule has 2 N–H and O–H groups in total. The Bertz CT molecular complexity index is 1290. The first-order chi connectivity index (χ1) is 15.4. The summed E-state index contributed by atoms with van der Waals surface area (Å²) in [6.45, 7) is 3.88. The van der Waals surface area contributed by atoms with Crippen LogP contribution in [0.3, 0.4) is 0 Å². The summed E-state index contributed by atoms with van der Waals surface area (Å²) in [4.78, 5) is 21.6. The summed E-state index contributed by atoms with van der Waals surface area (Å²) in [5.41, 5.74) is 3.09. The molecule has 0 spiro atoms. The number of benzene rings is 2. The van der Waals surface area contributed by atoms with Gasteiger partial charge in [-0.3, -0.25) is 9.78 Å². The maximum absolute atomic E-state index is 13.5. The highest BCUT2D eigenvalue weighted by molar-refractivity contribution is 6.30. The predicted molar refractivity (Wildman–Crippen MR) is 126 cm³/mol. The number of amides is 1. The number of pyridine rings is 2. The van der Waals surface area contributed by atoms with Gasteiger partial charge >= 0.3 is 0 Å². The molecule has 7 heteroatoms. The van der Waals surface area contributed by atoms with Crippen molar-refractivity contribution in [1.82, 2.24) is 15.3 Å². The number of halogens is 2. The largest absolute Gasteiger partial charge is 0.345 e. The molecule has 1 atom stereocenters. The maximum atomic E-state index is 13.5. The summed E-state index contributed by atoms with van der Waals surface area (Å²) in [6, 6.07) is 15.4. The van der Waals surface area contributed by atoms with Crippen molar-refractivity contribution in [2.45, 2.75) is 26.3 Å². The molecule has 1 amide bonds. The normalized spacial score (nSPS) is 11.9. The van der Waals surface area contributed by atoms with Crippen LogP contribution in [0, 0.1) is 12.7 Å². The predicted octanol–water partition coefficient (Wildman–Crippen LogP) is 6.36. The Morgan fingerprint density at radius 2 is 1.91 bits per heavy atom. The van der Waals surface area contributed by atoms with Crippen molar-refractivity contribution in [2.75, 3.05) is 5.32 Å². The molecule has 1 unspecified atom stereocenters. The van der Waals surface area contributed by atoms with Crippen molar-refractivity contribution < 1.29 is 9.18 Å². The number of nitrogens with one attached hydrogen (secondary N) is 2. The van der Waals surface area contributed by atoms with Crippen molar-refractivity contribution in [1.29, 1.82) is 0 Å². The number of aromatic nitrogens is 2. The fourth-order valence-electron chi connectivity index (χ4n) is 3.51. The van der Waals surface area contributed by atoms with Crippen LogP contribution in [0.4, 0.5) is 15.9 Å². The zero-order valence-electron chi connectivity index (χ0n) is 17.7. The highest BCUT2D eigenvalue weighted by atomic mass is 35.5. The second-order valence-electron chi connectivity index (χ2n) is 7.55. The minimum atomic E-state index is -0.480. The van der Waals surface area contributed by atoms with Gasteiger partial charge in [-0.15, -0.1) is 0 Å². The Labute approximate surface area is 190 Å². The van der Waals surface area contributed by atoms with Crippen LogP contribution in [0.5, 0.6) is 0 Å². The molecule has 2 aromatic carbocycles. The summed E-state index contributed by atoms with van der Waals surface area (Å²) in [6.07, 6.45) is 4.15. The van der Waals surface area contributed by atoms with Crippen molar-refractivity contribution in [2.24, 2.45) is 0 Å². The van der Waals surface area contributed by atoms with Gasteiger partial charge in [0.2, 0.25) is 0 Å². The van der Waals surface area contributed by atoms with E-state index in [9.17, 15) is 9.18 Å². The SMILES string of the molecule is CCC(NC(=O)c1ccc2cnc(Nc3ccnc(C)c3)cc2c1)c1ccc(F)c(Cl)c1. The van der Waals surface area contributed by atoms with Crippen LogP contribution in [0.1, 0.15) is 41.0 Å². The van der Waals surface area contributed by atoms with Gasteiger partial charge in [-0.25, -0.2) is 9.37 Å². The number of rotatable bonds is 6. The molecule has 0 radical (unpaired) electrons. The lowest BCUT2D eigenvalue weighted by atomic mass is 10.0. The molecule has 0 saturated carbocycles. The van der Waals surface area contributed by atoms with E-state index in [-0.39, 0.29) is 17.0 Å². The Kier molecular flexibility index (Phi) is 6.32. The van der Waals surface area contributed by atoms with Gasteiger partial charge in [-0.05, 0) is 66.8 Å². The van der Waals surface area contributed by atoms with Crippen LogP contribution in [-0.4, -0.2) is 15.9 Å². The molecule has 0 aliphatic rings. The van der Waals surface area contributed by atoms with E-state index < -0.39 is 5.82 Å². The molecule has 0 aliphatic heterocycles. The van der Waals surface area contributed by atoms with E-state index in [2.05, 4.69) is 20.6 Å². The zero-order chi connectivity index (χ0) is 22.7. The highest BCUT2D eigenvalue weighted by Crippen LogP contribution is 2.25. The van der Waals surface area contributed by atoms with E-state index in [0.717, 1.165) is 27.7 Å². The molecule has 4 rings (SSSR count). The number of hydrogen-bond acceptors (Lipinski definition) is 4. The fraction of sp³-hybridized carbons (Fsp3) is 0.160. The number of carbonyl (C=O) groups is 1. The molecule has 0 saturated heterocycles. The molecule has 0 bridgehead atoms. The van der Waals surface area contributed by atoms with E-state index >= 15 is 0 Å². The van der Waals surface area contributed by atoms with Gasteiger partial charge < -0.3 is 10.6 Å². The number of aryl methyl sites for hydroxylation is 1. The van der Waals surface area contributed by atoms with Crippen molar-refractivity contribution in [3.05, 3.63) is 94.7 Å². The topological polar surface area (TPSA) is 66.9 Å². The molecular weight excluding hydrogens is 427 g/mol. The van der Waals surface area contributed by atoms with Gasteiger partial charge in [0.15, 0.2) is 0 Å². The van der Waals surface area contributed by atoms with Crippen LogP contribution in [0.15, 0.2) is 67.0 Å². The van der Waals surface area contributed by atoms with Crippen LogP contribution >= 0.6 is 11.6 Å². The van der Waals surface area contributed by atoms with E-state index in [1.54, 1.807) is 30.6 Å². The quantitative estimate of drug-likeness (QED) is 0.360. The molecule has 2 aromatic heterocycles. The summed E-state index contributed by atoms with van der Waals surface area (Å²) in [7, 11) is 0. The summed E-state index contributed by atoms with van der Waals surface area (Å²) in [5, 5.41) is 8.13. The molecule has 4 aromatic rings. The van der Waals surface area contributed by atoms with E-state index in [4.69, 9.17) is 11.6 Å². The Hall–Kier alpha value is -3.51. The van der Waals surface area contributed by atoms with Crippen LogP contribution < -0.4 is 10.6 Å². The Morgan fingerprint density at radius 1 is 1.06 bits per heavy atom. The first-order valence-corrected chi connectivity index (χ1v) is 10.7. The van der Waals surface area contributed by atoms with Gasteiger partial charge in [0.25, 0.3) is 5.91 Å². The van der Waals surface area contributed by atoms with Crippen LogP contribution in [0.2, 0.25) is 5.02 Å². The van der Waals surface area contributed by atoms with E-state index in [1.165, 1.54) is 6.07 Å².